The molecule has 0 aliphatic heterocycles. The zero-order chi connectivity index (χ0) is 20.4. The molecule has 1 atom stereocenters. The van der Waals surface area contributed by atoms with Crippen LogP contribution in [0.1, 0.15) is 83.6 Å². The van der Waals surface area contributed by atoms with E-state index in [1.165, 1.54) is 44.9 Å². The second-order valence-electron chi connectivity index (χ2n) is 9.26. The molecule has 4 nitrogen and oxygen atoms in total. The molecule has 1 aliphatic rings. The summed E-state index contributed by atoms with van der Waals surface area (Å²) in [5.74, 6) is 2.47. The second kappa shape index (κ2) is 11.7. The smallest absolute Gasteiger partial charge is 0.122 e. The summed E-state index contributed by atoms with van der Waals surface area (Å²) in [6, 6.07) is 5.55. The number of phenols is 1. The summed E-state index contributed by atoms with van der Waals surface area (Å²) in [6.07, 6.45) is 12.2. The Kier molecular flexibility index (Phi) is 9.60. The standard InChI is InChI=1S/C24H41NO3/c1-19(2)8-6-4-3-5-7-15-28-22-12-11-21(23(27)16-22)13-14-24(25,18-26)17-20-9-10-20/h11-12,16,19-20,26-27H,3-10,13-15,17-18,25H2,1-2H3/t24-/m0/s1. The Balaban J connectivity index is 1.65. The Labute approximate surface area is 171 Å². The van der Waals surface area contributed by atoms with Gasteiger partial charge in [0.15, 0.2) is 0 Å². The lowest BCUT2D eigenvalue weighted by Crippen LogP contribution is -2.44. The molecule has 2 rings (SSSR count). The van der Waals surface area contributed by atoms with Crippen LogP contribution in [-0.4, -0.2) is 29.0 Å². The maximum atomic E-state index is 10.3. The topological polar surface area (TPSA) is 75.7 Å². The number of aliphatic hydroxyl groups is 1. The van der Waals surface area contributed by atoms with Gasteiger partial charge in [-0.05, 0) is 49.1 Å². The van der Waals surface area contributed by atoms with E-state index in [-0.39, 0.29) is 12.4 Å². The number of aromatic hydroxyl groups is 1. The fourth-order valence-electron chi connectivity index (χ4n) is 3.75. The first-order valence-electron chi connectivity index (χ1n) is 11.3. The highest BCUT2D eigenvalue weighted by Gasteiger charge is 2.33. The normalized spacial score (nSPS) is 16.3. The highest BCUT2D eigenvalue weighted by atomic mass is 16.5. The van der Waals surface area contributed by atoms with Crippen LogP contribution in [0.15, 0.2) is 18.2 Å². The largest absolute Gasteiger partial charge is 0.508 e. The average molecular weight is 392 g/mol. The lowest BCUT2D eigenvalue weighted by Gasteiger charge is -2.27. The third-order valence-corrected chi connectivity index (χ3v) is 5.85. The summed E-state index contributed by atoms with van der Waals surface area (Å²) in [7, 11) is 0. The molecule has 1 aliphatic carbocycles. The molecule has 160 valence electrons. The molecule has 1 aromatic carbocycles. The minimum atomic E-state index is -0.530. The average Bonchev–Trinajstić information content (AvgIpc) is 3.46. The van der Waals surface area contributed by atoms with Crippen molar-refractivity contribution in [3.05, 3.63) is 23.8 Å². The predicted molar refractivity (Wildman–Crippen MR) is 116 cm³/mol. The predicted octanol–water partition coefficient (Wildman–Crippen LogP) is 5.19. The van der Waals surface area contributed by atoms with Crippen LogP contribution in [0.3, 0.4) is 0 Å². The van der Waals surface area contributed by atoms with E-state index >= 15 is 0 Å². The molecular weight excluding hydrogens is 350 g/mol. The molecule has 4 N–H and O–H groups in total. The van der Waals surface area contributed by atoms with Gasteiger partial charge in [0.05, 0.1) is 13.2 Å². The van der Waals surface area contributed by atoms with Gasteiger partial charge in [-0.2, -0.15) is 0 Å². The summed E-state index contributed by atoms with van der Waals surface area (Å²) in [5.41, 5.74) is 6.69. The number of hydrogen-bond donors (Lipinski definition) is 3. The van der Waals surface area contributed by atoms with Gasteiger partial charge < -0.3 is 20.7 Å². The molecule has 0 aromatic heterocycles. The second-order valence-corrected chi connectivity index (χ2v) is 9.26. The monoisotopic (exact) mass is 391 g/mol. The van der Waals surface area contributed by atoms with Gasteiger partial charge in [-0.25, -0.2) is 0 Å². The van der Waals surface area contributed by atoms with Gasteiger partial charge in [0, 0.05) is 11.6 Å². The highest BCUT2D eigenvalue weighted by Crippen LogP contribution is 2.37. The molecule has 1 saturated carbocycles. The Bertz CT molecular complexity index is 571. The SMILES string of the molecule is CC(C)CCCCCCCOc1ccc(CC[C@@](N)(CO)CC2CC2)c(O)c1. The molecule has 0 spiro atoms. The van der Waals surface area contributed by atoms with E-state index in [4.69, 9.17) is 10.5 Å². The van der Waals surface area contributed by atoms with E-state index in [0.29, 0.717) is 25.4 Å². The van der Waals surface area contributed by atoms with Crippen LogP contribution in [-0.2, 0) is 6.42 Å². The van der Waals surface area contributed by atoms with Crippen LogP contribution < -0.4 is 10.5 Å². The van der Waals surface area contributed by atoms with Crippen molar-refractivity contribution in [1.82, 2.24) is 0 Å². The van der Waals surface area contributed by atoms with Crippen molar-refractivity contribution in [1.29, 1.82) is 0 Å². The molecule has 0 heterocycles. The molecule has 0 amide bonds. The van der Waals surface area contributed by atoms with E-state index in [1.54, 1.807) is 6.07 Å². The van der Waals surface area contributed by atoms with Gasteiger partial charge in [-0.1, -0.05) is 64.9 Å². The first-order chi connectivity index (χ1) is 13.4. The van der Waals surface area contributed by atoms with Crippen LogP contribution in [0.2, 0.25) is 0 Å². The quantitative estimate of drug-likeness (QED) is 0.360. The van der Waals surface area contributed by atoms with Crippen molar-refractivity contribution in [3.63, 3.8) is 0 Å². The molecular formula is C24H41NO3. The Morgan fingerprint density at radius 1 is 1.14 bits per heavy atom. The van der Waals surface area contributed by atoms with Crippen molar-refractivity contribution >= 4 is 0 Å². The van der Waals surface area contributed by atoms with Gasteiger partial charge in [-0.3, -0.25) is 0 Å². The van der Waals surface area contributed by atoms with E-state index < -0.39 is 5.54 Å². The van der Waals surface area contributed by atoms with E-state index in [9.17, 15) is 10.2 Å². The summed E-state index contributed by atoms with van der Waals surface area (Å²) in [5, 5.41) is 20.0. The fraction of sp³-hybridized carbons (Fsp3) is 0.750. The van der Waals surface area contributed by atoms with Crippen molar-refractivity contribution in [2.45, 2.75) is 90.0 Å². The van der Waals surface area contributed by atoms with Gasteiger partial charge in [-0.15, -0.1) is 0 Å². The molecule has 0 bridgehead atoms. The zero-order valence-corrected chi connectivity index (χ0v) is 18.0. The molecule has 1 fully saturated rings. The van der Waals surface area contributed by atoms with Gasteiger partial charge in [0.1, 0.15) is 11.5 Å². The minimum Gasteiger partial charge on any atom is -0.508 e. The zero-order valence-electron chi connectivity index (χ0n) is 18.0. The number of hydrogen-bond acceptors (Lipinski definition) is 4. The van der Waals surface area contributed by atoms with Gasteiger partial charge >= 0.3 is 0 Å². The molecule has 0 radical (unpaired) electrons. The van der Waals surface area contributed by atoms with E-state index in [1.807, 2.05) is 12.1 Å². The van der Waals surface area contributed by atoms with Gasteiger partial charge in [0.2, 0.25) is 0 Å². The number of benzene rings is 1. The maximum Gasteiger partial charge on any atom is 0.122 e. The van der Waals surface area contributed by atoms with Crippen LogP contribution >= 0.6 is 0 Å². The number of nitrogens with two attached hydrogens (primary N) is 1. The van der Waals surface area contributed by atoms with E-state index in [2.05, 4.69) is 13.8 Å². The third kappa shape index (κ3) is 8.83. The van der Waals surface area contributed by atoms with Crippen LogP contribution in [0.5, 0.6) is 11.5 Å². The first-order valence-corrected chi connectivity index (χ1v) is 11.3. The lowest BCUT2D eigenvalue weighted by molar-refractivity contribution is 0.172. The lowest BCUT2D eigenvalue weighted by atomic mass is 9.87. The Morgan fingerprint density at radius 3 is 2.50 bits per heavy atom. The highest BCUT2D eigenvalue weighted by molar-refractivity contribution is 5.39. The number of aryl methyl sites for hydroxylation is 1. The Hall–Kier alpha value is -1.26. The number of unbranched alkanes of at least 4 members (excludes halogenated alkanes) is 4. The third-order valence-electron chi connectivity index (χ3n) is 5.85. The summed E-state index contributed by atoms with van der Waals surface area (Å²) in [6.45, 7) is 5.26. The van der Waals surface area contributed by atoms with Crippen LogP contribution in [0.25, 0.3) is 0 Å². The number of phenolic OH excluding ortho intramolecular Hbond substituents is 1. The number of aliphatic hydroxyl groups excluding tert-OH is 1. The number of ether oxygens (including phenoxy) is 1. The summed E-state index contributed by atoms with van der Waals surface area (Å²) >= 11 is 0. The van der Waals surface area contributed by atoms with Crippen molar-refractivity contribution in [3.8, 4) is 11.5 Å². The molecule has 0 unspecified atom stereocenters. The van der Waals surface area contributed by atoms with Crippen LogP contribution in [0, 0.1) is 11.8 Å². The van der Waals surface area contributed by atoms with Gasteiger partial charge in [0.25, 0.3) is 0 Å². The molecule has 0 saturated heterocycles. The number of rotatable bonds is 15. The van der Waals surface area contributed by atoms with Crippen molar-refractivity contribution < 1.29 is 14.9 Å². The van der Waals surface area contributed by atoms with E-state index in [0.717, 1.165) is 30.1 Å². The molecule has 28 heavy (non-hydrogen) atoms. The maximum absolute atomic E-state index is 10.3. The molecule has 1 aromatic rings. The molecule has 4 heteroatoms. The first kappa shape index (κ1) is 23.0. The summed E-state index contributed by atoms with van der Waals surface area (Å²) in [4.78, 5) is 0. The van der Waals surface area contributed by atoms with Crippen molar-refractivity contribution in [2.24, 2.45) is 17.6 Å². The minimum absolute atomic E-state index is 0.00290. The Morgan fingerprint density at radius 2 is 1.86 bits per heavy atom. The van der Waals surface area contributed by atoms with Crippen molar-refractivity contribution in [2.75, 3.05) is 13.2 Å². The van der Waals surface area contributed by atoms with Crippen LogP contribution in [0.4, 0.5) is 0 Å². The summed E-state index contributed by atoms with van der Waals surface area (Å²) < 4.78 is 5.79. The fourth-order valence-corrected chi connectivity index (χ4v) is 3.75.